The summed E-state index contributed by atoms with van der Waals surface area (Å²) < 4.78 is 0. The van der Waals surface area contributed by atoms with Crippen molar-refractivity contribution >= 4 is 21.8 Å². The summed E-state index contributed by atoms with van der Waals surface area (Å²) in [5, 5.41) is 2.79. The number of amides is 1. The zero-order chi connectivity index (χ0) is 7.72. The van der Waals surface area contributed by atoms with Gasteiger partial charge in [0.1, 0.15) is 4.83 Å². The molecule has 0 radical (unpaired) electrons. The molecule has 0 aromatic heterocycles. The van der Waals surface area contributed by atoms with Crippen LogP contribution in [0.1, 0.15) is 6.92 Å². The second-order valence-electron chi connectivity index (χ2n) is 2.53. The molecule has 3 heteroatoms. The number of β-lactam (4-membered cyclic amide) rings is 1. The van der Waals surface area contributed by atoms with Gasteiger partial charge in [0.2, 0.25) is 5.91 Å². The molecule has 3 atom stereocenters. The Morgan fingerprint density at radius 3 is 2.80 bits per heavy atom. The molecule has 1 N–H and O–H groups in total. The van der Waals surface area contributed by atoms with E-state index in [1.165, 1.54) is 0 Å². The van der Waals surface area contributed by atoms with E-state index < -0.39 is 0 Å². The lowest BCUT2D eigenvalue weighted by molar-refractivity contribution is -0.127. The Balaban J connectivity index is 2.46. The number of carbonyl (C=O) groups is 1. The van der Waals surface area contributed by atoms with Crippen LogP contribution >= 0.6 is 15.9 Å². The zero-order valence-corrected chi connectivity index (χ0v) is 7.39. The SMILES string of the molecule is C=C[C@H](C)[C@H]1NC(=O)[C@@H]1Br. The predicted molar refractivity (Wildman–Crippen MR) is 44.0 cm³/mol. The van der Waals surface area contributed by atoms with Gasteiger partial charge in [-0.15, -0.1) is 6.58 Å². The van der Waals surface area contributed by atoms with Crippen LogP contribution in [0.5, 0.6) is 0 Å². The molecule has 1 heterocycles. The maximum atomic E-state index is 10.7. The number of halogens is 1. The van der Waals surface area contributed by atoms with E-state index >= 15 is 0 Å². The van der Waals surface area contributed by atoms with Gasteiger partial charge in [0.05, 0.1) is 6.04 Å². The summed E-state index contributed by atoms with van der Waals surface area (Å²) in [7, 11) is 0. The molecule has 0 aliphatic carbocycles. The van der Waals surface area contributed by atoms with Gasteiger partial charge >= 0.3 is 0 Å². The van der Waals surface area contributed by atoms with Crippen LogP contribution in [0, 0.1) is 5.92 Å². The Labute approximate surface area is 68.8 Å². The van der Waals surface area contributed by atoms with Gasteiger partial charge in [0, 0.05) is 0 Å². The molecular weight excluding hydrogens is 194 g/mol. The first-order valence-corrected chi connectivity index (χ1v) is 4.15. The van der Waals surface area contributed by atoms with Crippen molar-refractivity contribution in [2.45, 2.75) is 17.8 Å². The van der Waals surface area contributed by atoms with Crippen molar-refractivity contribution in [1.29, 1.82) is 0 Å². The predicted octanol–water partition coefficient (Wildman–Crippen LogP) is 1.07. The molecule has 0 spiro atoms. The molecule has 0 unspecified atom stereocenters. The summed E-state index contributed by atoms with van der Waals surface area (Å²) in [6.45, 7) is 5.68. The summed E-state index contributed by atoms with van der Waals surface area (Å²) in [6, 6.07) is 0.241. The van der Waals surface area contributed by atoms with Crippen molar-refractivity contribution in [1.82, 2.24) is 5.32 Å². The Morgan fingerprint density at radius 1 is 1.90 bits per heavy atom. The first-order chi connectivity index (χ1) is 4.66. The highest BCUT2D eigenvalue weighted by molar-refractivity contribution is 9.10. The van der Waals surface area contributed by atoms with E-state index in [2.05, 4.69) is 27.8 Å². The summed E-state index contributed by atoms with van der Waals surface area (Å²) in [5.74, 6) is 0.431. The van der Waals surface area contributed by atoms with Crippen LogP contribution in [0.3, 0.4) is 0 Å². The van der Waals surface area contributed by atoms with Crippen LogP contribution in [0.15, 0.2) is 12.7 Å². The molecule has 56 valence electrons. The Hall–Kier alpha value is -0.310. The minimum absolute atomic E-state index is 0.0134. The van der Waals surface area contributed by atoms with Crippen LogP contribution in [-0.2, 0) is 4.79 Å². The molecular formula is C7H10BrNO. The minimum Gasteiger partial charge on any atom is -0.350 e. The third kappa shape index (κ3) is 1.10. The lowest BCUT2D eigenvalue weighted by Gasteiger charge is -2.35. The molecule has 0 saturated carbocycles. The number of nitrogens with one attached hydrogen (secondary N) is 1. The van der Waals surface area contributed by atoms with Crippen LogP contribution in [-0.4, -0.2) is 16.8 Å². The van der Waals surface area contributed by atoms with Crippen LogP contribution in [0.2, 0.25) is 0 Å². The normalized spacial score (nSPS) is 34.0. The molecule has 1 amide bonds. The molecule has 0 aromatic carbocycles. The fraction of sp³-hybridized carbons (Fsp3) is 0.571. The lowest BCUT2D eigenvalue weighted by Crippen LogP contribution is -2.61. The van der Waals surface area contributed by atoms with E-state index in [4.69, 9.17) is 0 Å². The molecule has 0 aromatic rings. The lowest BCUT2D eigenvalue weighted by atomic mass is 9.93. The fourth-order valence-electron chi connectivity index (χ4n) is 0.928. The molecule has 1 fully saturated rings. The van der Waals surface area contributed by atoms with Gasteiger partial charge < -0.3 is 5.32 Å². The van der Waals surface area contributed by atoms with Gasteiger partial charge in [-0.05, 0) is 5.92 Å². The Morgan fingerprint density at radius 2 is 2.50 bits per heavy atom. The first-order valence-electron chi connectivity index (χ1n) is 3.24. The number of carbonyl (C=O) groups excluding carboxylic acids is 1. The van der Waals surface area contributed by atoms with Gasteiger partial charge in [-0.2, -0.15) is 0 Å². The summed E-state index contributed by atoms with van der Waals surface area (Å²) in [5.41, 5.74) is 0. The molecule has 1 saturated heterocycles. The maximum absolute atomic E-state index is 10.7. The Kier molecular flexibility index (Phi) is 2.14. The second-order valence-corrected chi connectivity index (χ2v) is 3.52. The molecule has 1 rings (SSSR count). The number of rotatable bonds is 2. The highest BCUT2D eigenvalue weighted by atomic mass is 79.9. The highest BCUT2D eigenvalue weighted by Crippen LogP contribution is 2.22. The van der Waals surface area contributed by atoms with Crippen molar-refractivity contribution in [3.8, 4) is 0 Å². The Bertz CT molecular complexity index is 165. The van der Waals surface area contributed by atoms with Crippen molar-refractivity contribution in [3.63, 3.8) is 0 Å². The quantitative estimate of drug-likeness (QED) is 0.407. The average Bonchev–Trinajstić information content (AvgIpc) is 1.98. The number of hydrogen-bond donors (Lipinski definition) is 1. The molecule has 0 bridgehead atoms. The van der Waals surface area contributed by atoms with E-state index in [0.717, 1.165) is 0 Å². The summed E-state index contributed by atoms with van der Waals surface area (Å²) in [6.07, 6.45) is 1.85. The third-order valence-corrected chi connectivity index (χ3v) is 2.80. The van der Waals surface area contributed by atoms with Crippen LogP contribution in [0.25, 0.3) is 0 Å². The van der Waals surface area contributed by atoms with Gasteiger partial charge in [-0.1, -0.05) is 28.9 Å². The van der Waals surface area contributed by atoms with E-state index in [-0.39, 0.29) is 16.8 Å². The van der Waals surface area contributed by atoms with Gasteiger partial charge in [0.25, 0.3) is 0 Å². The smallest absolute Gasteiger partial charge is 0.236 e. The summed E-state index contributed by atoms with van der Waals surface area (Å²) in [4.78, 5) is 10.7. The van der Waals surface area contributed by atoms with Crippen LogP contribution in [0.4, 0.5) is 0 Å². The maximum Gasteiger partial charge on any atom is 0.236 e. The van der Waals surface area contributed by atoms with Gasteiger partial charge in [-0.25, -0.2) is 0 Å². The van der Waals surface area contributed by atoms with Gasteiger partial charge in [0.15, 0.2) is 0 Å². The van der Waals surface area contributed by atoms with Crippen molar-refractivity contribution in [3.05, 3.63) is 12.7 Å². The first kappa shape index (κ1) is 7.79. The standard InChI is InChI=1S/C7H10BrNO/c1-3-4(2)6-5(8)7(10)9-6/h3-6H,1H2,2H3,(H,9,10)/t4-,5+,6+/m0/s1. The molecule has 1 aliphatic heterocycles. The van der Waals surface area contributed by atoms with E-state index in [1.807, 2.05) is 13.0 Å². The second kappa shape index (κ2) is 2.74. The van der Waals surface area contributed by atoms with Gasteiger partial charge in [-0.3, -0.25) is 4.79 Å². The average molecular weight is 204 g/mol. The van der Waals surface area contributed by atoms with Crippen molar-refractivity contribution < 1.29 is 4.79 Å². The molecule has 1 aliphatic rings. The topological polar surface area (TPSA) is 29.1 Å². The van der Waals surface area contributed by atoms with Crippen LogP contribution < -0.4 is 5.32 Å². The number of alkyl halides is 1. The minimum atomic E-state index is -0.0134. The number of hydrogen-bond acceptors (Lipinski definition) is 1. The molecule has 10 heavy (non-hydrogen) atoms. The molecule has 2 nitrogen and oxygen atoms in total. The highest BCUT2D eigenvalue weighted by Gasteiger charge is 2.39. The van der Waals surface area contributed by atoms with E-state index in [1.54, 1.807) is 0 Å². The largest absolute Gasteiger partial charge is 0.350 e. The van der Waals surface area contributed by atoms with E-state index in [9.17, 15) is 4.79 Å². The van der Waals surface area contributed by atoms with Crippen molar-refractivity contribution in [2.24, 2.45) is 5.92 Å². The zero-order valence-electron chi connectivity index (χ0n) is 5.80. The third-order valence-electron chi connectivity index (χ3n) is 1.81. The van der Waals surface area contributed by atoms with Crippen molar-refractivity contribution in [2.75, 3.05) is 0 Å². The fourth-order valence-corrected chi connectivity index (χ4v) is 1.67. The summed E-state index contributed by atoms with van der Waals surface area (Å²) >= 11 is 3.27. The van der Waals surface area contributed by atoms with E-state index in [0.29, 0.717) is 5.92 Å². The monoisotopic (exact) mass is 203 g/mol.